The van der Waals surface area contributed by atoms with Crippen LogP contribution in [-0.4, -0.2) is 4.98 Å². The lowest BCUT2D eigenvalue weighted by Gasteiger charge is -2.07. The van der Waals surface area contributed by atoms with Crippen LogP contribution in [0, 0.1) is 18.3 Å². The second-order valence-corrected chi connectivity index (χ2v) is 3.05. The van der Waals surface area contributed by atoms with Gasteiger partial charge in [0.05, 0.1) is 11.6 Å². The molecule has 0 aliphatic heterocycles. The van der Waals surface area contributed by atoms with E-state index >= 15 is 0 Å². The van der Waals surface area contributed by atoms with Crippen molar-refractivity contribution in [3.63, 3.8) is 0 Å². The number of nitriles is 1. The summed E-state index contributed by atoms with van der Waals surface area (Å²) in [6.45, 7) is 7.58. The fourth-order valence-corrected chi connectivity index (χ4v) is 1.16. The van der Waals surface area contributed by atoms with Crippen molar-refractivity contribution in [3.8, 4) is 6.07 Å². The van der Waals surface area contributed by atoms with Gasteiger partial charge in [-0.15, -0.1) is 6.58 Å². The van der Waals surface area contributed by atoms with E-state index in [1.165, 1.54) is 0 Å². The van der Waals surface area contributed by atoms with E-state index < -0.39 is 0 Å². The fourth-order valence-electron chi connectivity index (χ4n) is 1.16. The Morgan fingerprint density at radius 1 is 1.69 bits per heavy atom. The molecular weight excluding hydrogens is 160 g/mol. The Bertz CT molecular complexity index is 361. The minimum atomic E-state index is 0.183. The molecule has 0 bridgehead atoms. The first-order valence-electron chi connectivity index (χ1n) is 4.18. The van der Waals surface area contributed by atoms with Crippen LogP contribution in [-0.2, 0) is 0 Å². The lowest BCUT2D eigenvalue weighted by atomic mass is 9.98. The van der Waals surface area contributed by atoms with Crippen LogP contribution in [0.5, 0.6) is 0 Å². The van der Waals surface area contributed by atoms with Gasteiger partial charge >= 0.3 is 0 Å². The van der Waals surface area contributed by atoms with Gasteiger partial charge in [-0.05, 0) is 18.6 Å². The van der Waals surface area contributed by atoms with Crippen molar-refractivity contribution in [2.75, 3.05) is 0 Å². The summed E-state index contributed by atoms with van der Waals surface area (Å²) in [7, 11) is 0. The number of hydrogen-bond donors (Lipinski definition) is 0. The average molecular weight is 172 g/mol. The lowest BCUT2D eigenvalue weighted by Crippen LogP contribution is -1.96. The molecular formula is C11H12N2. The molecule has 0 aliphatic carbocycles. The summed E-state index contributed by atoms with van der Waals surface area (Å²) in [5, 5.41) is 8.88. The minimum absolute atomic E-state index is 0.183. The molecule has 2 heteroatoms. The smallest absolute Gasteiger partial charge is 0.0996 e. The third-order valence-electron chi connectivity index (χ3n) is 2.04. The molecule has 1 unspecified atom stereocenters. The Kier molecular flexibility index (Phi) is 2.81. The highest BCUT2D eigenvalue weighted by Crippen LogP contribution is 2.19. The second kappa shape index (κ2) is 3.86. The zero-order valence-corrected chi connectivity index (χ0v) is 7.91. The van der Waals surface area contributed by atoms with Gasteiger partial charge in [-0.2, -0.15) is 5.26 Å². The summed E-state index contributed by atoms with van der Waals surface area (Å²) in [6.07, 6.45) is 3.56. The standard InChI is InChI=1S/C11H12N2/c1-4-8(2)11-7-13-9(3)5-10(11)6-12/h4-5,7-8H,1H2,2-3H3. The van der Waals surface area contributed by atoms with Crippen LogP contribution in [0.15, 0.2) is 24.9 Å². The van der Waals surface area contributed by atoms with Crippen LogP contribution >= 0.6 is 0 Å². The van der Waals surface area contributed by atoms with E-state index in [4.69, 9.17) is 5.26 Å². The Balaban J connectivity index is 3.22. The first kappa shape index (κ1) is 9.47. The maximum absolute atomic E-state index is 8.88. The van der Waals surface area contributed by atoms with E-state index in [1.54, 1.807) is 12.3 Å². The van der Waals surface area contributed by atoms with Gasteiger partial charge in [0, 0.05) is 17.8 Å². The fraction of sp³-hybridized carbons (Fsp3) is 0.273. The molecule has 0 radical (unpaired) electrons. The Morgan fingerprint density at radius 2 is 2.38 bits per heavy atom. The topological polar surface area (TPSA) is 36.7 Å². The van der Waals surface area contributed by atoms with Crippen LogP contribution in [0.2, 0.25) is 0 Å². The molecule has 1 aromatic heterocycles. The normalized spacial score (nSPS) is 11.8. The molecule has 1 heterocycles. The van der Waals surface area contributed by atoms with E-state index in [-0.39, 0.29) is 5.92 Å². The van der Waals surface area contributed by atoms with Crippen LogP contribution in [0.4, 0.5) is 0 Å². The monoisotopic (exact) mass is 172 g/mol. The number of aromatic nitrogens is 1. The van der Waals surface area contributed by atoms with Crippen molar-refractivity contribution in [2.45, 2.75) is 19.8 Å². The van der Waals surface area contributed by atoms with Gasteiger partial charge in [-0.25, -0.2) is 0 Å². The van der Waals surface area contributed by atoms with Crippen molar-refractivity contribution < 1.29 is 0 Å². The maximum atomic E-state index is 8.88. The second-order valence-electron chi connectivity index (χ2n) is 3.05. The molecule has 0 aliphatic rings. The van der Waals surface area contributed by atoms with Crippen molar-refractivity contribution in [1.82, 2.24) is 4.98 Å². The largest absolute Gasteiger partial charge is 0.261 e. The number of allylic oxidation sites excluding steroid dienone is 1. The van der Waals surface area contributed by atoms with Gasteiger partial charge in [0.2, 0.25) is 0 Å². The Labute approximate surface area is 78.5 Å². The Morgan fingerprint density at radius 3 is 2.92 bits per heavy atom. The van der Waals surface area contributed by atoms with Gasteiger partial charge in [0.1, 0.15) is 0 Å². The molecule has 1 aromatic rings. The quantitative estimate of drug-likeness (QED) is 0.643. The van der Waals surface area contributed by atoms with Crippen molar-refractivity contribution in [1.29, 1.82) is 5.26 Å². The number of nitrogens with zero attached hydrogens (tertiary/aromatic N) is 2. The summed E-state index contributed by atoms with van der Waals surface area (Å²) < 4.78 is 0. The number of aryl methyl sites for hydroxylation is 1. The van der Waals surface area contributed by atoms with Crippen molar-refractivity contribution in [2.24, 2.45) is 0 Å². The lowest BCUT2D eigenvalue weighted by molar-refractivity contribution is 0.943. The number of pyridine rings is 1. The molecule has 0 fully saturated rings. The molecule has 13 heavy (non-hydrogen) atoms. The van der Waals surface area contributed by atoms with Crippen molar-refractivity contribution in [3.05, 3.63) is 41.7 Å². The molecule has 2 nitrogen and oxygen atoms in total. The van der Waals surface area contributed by atoms with E-state index in [9.17, 15) is 0 Å². The molecule has 0 saturated heterocycles. The third kappa shape index (κ3) is 1.94. The van der Waals surface area contributed by atoms with Crippen LogP contribution in [0.25, 0.3) is 0 Å². The number of hydrogen-bond acceptors (Lipinski definition) is 2. The van der Waals surface area contributed by atoms with E-state index in [0.717, 1.165) is 11.3 Å². The van der Waals surface area contributed by atoms with E-state index in [2.05, 4.69) is 17.6 Å². The van der Waals surface area contributed by atoms with Crippen LogP contribution in [0.1, 0.15) is 29.7 Å². The van der Waals surface area contributed by atoms with E-state index in [1.807, 2.05) is 19.9 Å². The van der Waals surface area contributed by atoms with E-state index in [0.29, 0.717) is 5.56 Å². The predicted octanol–water partition coefficient (Wildman–Crippen LogP) is 2.55. The molecule has 1 rings (SSSR count). The van der Waals surface area contributed by atoms with Gasteiger partial charge in [0.15, 0.2) is 0 Å². The summed E-state index contributed by atoms with van der Waals surface area (Å²) in [5.74, 6) is 0.183. The molecule has 1 atom stereocenters. The summed E-state index contributed by atoms with van der Waals surface area (Å²) in [4.78, 5) is 4.16. The molecule has 0 N–H and O–H groups in total. The molecule has 0 spiro atoms. The third-order valence-corrected chi connectivity index (χ3v) is 2.04. The Hall–Kier alpha value is -1.62. The van der Waals surface area contributed by atoms with Crippen molar-refractivity contribution >= 4 is 0 Å². The molecule has 66 valence electrons. The van der Waals surface area contributed by atoms with Gasteiger partial charge in [-0.1, -0.05) is 13.0 Å². The van der Waals surface area contributed by atoms with Gasteiger partial charge < -0.3 is 0 Å². The SMILES string of the molecule is C=CC(C)c1cnc(C)cc1C#N. The molecule has 0 amide bonds. The zero-order valence-electron chi connectivity index (χ0n) is 7.91. The van der Waals surface area contributed by atoms with Crippen LogP contribution in [0.3, 0.4) is 0 Å². The summed E-state index contributed by atoms with van der Waals surface area (Å²) in [6, 6.07) is 3.96. The average Bonchev–Trinajstić information content (AvgIpc) is 2.16. The first-order chi connectivity index (χ1) is 6.19. The first-order valence-corrected chi connectivity index (χ1v) is 4.18. The number of rotatable bonds is 2. The van der Waals surface area contributed by atoms with Gasteiger partial charge in [0.25, 0.3) is 0 Å². The van der Waals surface area contributed by atoms with Gasteiger partial charge in [-0.3, -0.25) is 4.98 Å². The summed E-state index contributed by atoms with van der Waals surface area (Å²) >= 11 is 0. The molecule has 0 saturated carbocycles. The highest BCUT2D eigenvalue weighted by Gasteiger charge is 2.07. The highest BCUT2D eigenvalue weighted by atomic mass is 14.7. The maximum Gasteiger partial charge on any atom is 0.0996 e. The summed E-state index contributed by atoms with van der Waals surface area (Å²) in [5.41, 5.74) is 2.51. The zero-order chi connectivity index (χ0) is 9.84. The predicted molar refractivity (Wildman–Crippen MR) is 52.3 cm³/mol. The van der Waals surface area contributed by atoms with Crippen LogP contribution < -0.4 is 0 Å². The highest BCUT2D eigenvalue weighted by molar-refractivity contribution is 5.40. The molecule has 0 aromatic carbocycles. The minimum Gasteiger partial charge on any atom is -0.261 e.